The number of para-hydroxylation sites is 1. The first-order chi connectivity index (χ1) is 9.69. The van der Waals surface area contributed by atoms with Crippen LogP contribution in [-0.2, 0) is 0 Å². The van der Waals surface area contributed by atoms with Crippen LogP contribution in [0.4, 0.5) is 0 Å². The Bertz CT molecular complexity index is 554. The van der Waals surface area contributed by atoms with Crippen molar-refractivity contribution in [2.45, 2.75) is 19.4 Å². The molecule has 0 fully saturated rings. The summed E-state index contributed by atoms with van der Waals surface area (Å²) in [6.07, 6.45) is 0.517. The van der Waals surface area contributed by atoms with E-state index in [0.29, 0.717) is 4.99 Å². The van der Waals surface area contributed by atoms with Crippen molar-refractivity contribution in [2.24, 2.45) is 5.73 Å². The number of thiocarbonyl (C=S) groups is 1. The lowest BCUT2D eigenvalue weighted by Gasteiger charge is -2.16. The Kier molecular flexibility index (Phi) is 4.96. The quantitative estimate of drug-likeness (QED) is 0.818. The third kappa shape index (κ3) is 3.96. The van der Waals surface area contributed by atoms with Gasteiger partial charge in [-0.25, -0.2) is 0 Å². The van der Waals surface area contributed by atoms with Crippen LogP contribution in [0.15, 0.2) is 54.6 Å². The average Bonchev–Trinajstić information content (AvgIpc) is 2.47. The van der Waals surface area contributed by atoms with E-state index in [4.69, 9.17) is 27.4 Å². The Morgan fingerprint density at radius 2 is 1.55 bits per heavy atom. The molecule has 0 aliphatic heterocycles. The lowest BCUT2D eigenvalue weighted by Crippen LogP contribution is -2.31. The molecule has 1 atom stereocenters. The standard InChI is InChI=1S/C16H17NO2S/c1-2-15(16(17)20)19-14-10-8-13(9-11-14)18-12-6-4-3-5-7-12/h3-11,15H,2H2,1H3,(H2,17,20). The zero-order valence-electron chi connectivity index (χ0n) is 11.3. The van der Waals surface area contributed by atoms with Gasteiger partial charge in [-0.2, -0.15) is 0 Å². The van der Waals surface area contributed by atoms with Gasteiger partial charge in [-0.3, -0.25) is 0 Å². The fourth-order valence-electron chi connectivity index (χ4n) is 1.72. The second kappa shape index (κ2) is 6.91. The highest BCUT2D eigenvalue weighted by Gasteiger charge is 2.10. The minimum absolute atomic E-state index is 0.231. The third-order valence-electron chi connectivity index (χ3n) is 2.77. The molecule has 0 aliphatic rings. The predicted octanol–water partition coefficient (Wildman–Crippen LogP) is 3.92. The highest BCUT2D eigenvalue weighted by molar-refractivity contribution is 7.80. The fourth-order valence-corrected chi connectivity index (χ4v) is 1.93. The van der Waals surface area contributed by atoms with E-state index in [9.17, 15) is 0 Å². The molecule has 0 heterocycles. The van der Waals surface area contributed by atoms with E-state index in [1.165, 1.54) is 0 Å². The first-order valence-electron chi connectivity index (χ1n) is 6.48. The molecule has 0 amide bonds. The Morgan fingerprint density at radius 3 is 2.10 bits per heavy atom. The van der Waals surface area contributed by atoms with Crippen LogP contribution in [-0.4, -0.2) is 11.1 Å². The van der Waals surface area contributed by atoms with Gasteiger partial charge in [0.2, 0.25) is 0 Å². The van der Waals surface area contributed by atoms with Crippen LogP contribution in [0, 0.1) is 0 Å². The third-order valence-corrected chi connectivity index (χ3v) is 3.03. The van der Waals surface area contributed by atoms with Crippen molar-refractivity contribution in [3.8, 4) is 17.2 Å². The molecule has 20 heavy (non-hydrogen) atoms. The topological polar surface area (TPSA) is 44.5 Å². The molecular weight excluding hydrogens is 270 g/mol. The molecule has 0 saturated heterocycles. The molecule has 0 aliphatic carbocycles. The highest BCUT2D eigenvalue weighted by Crippen LogP contribution is 2.24. The largest absolute Gasteiger partial charge is 0.483 e. The second-order valence-electron chi connectivity index (χ2n) is 4.30. The van der Waals surface area contributed by atoms with E-state index in [0.717, 1.165) is 23.7 Å². The summed E-state index contributed by atoms with van der Waals surface area (Å²) in [6.45, 7) is 1.98. The maximum absolute atomic E-state index is 5.71. The van der Waals surface area contributed by atoms with Gasteiger partial charge in [-0.15, -0.1) is 0 Å². The number of ether oxygens (including phenoxy) is 2. The smallest absolute Gasteiger partial charge is 0.148 e. The second-order valence-corrected chi connectivity index (χ2v) is 4.78. The summed E-state index contributed by atoms with van der Waals surface area (Å²) in [5, 5.41) is 0. The van der Waals surface area contributed by atoms with Crippen LogP contribution in [0.2, 0.25) is 0 Å². The van der Waals surface area contributed by atoms with E-state index in [2.05, 4.69) is 0 Å². The molecule has 0 radical (unpaired) electrons. The van der Waals surface area contributed by atoms with Crippen molar-refractivity contribution >= 4 is 17.2 Å². The molecule has 104 valence electrons. The van der Waals surface area contributed by atoms with Gasteiger partial charge in [-0.1, -0.05) is 37.3 Å². The molecule has 1 unspecified atom stereocenters. The van der Waals surface area contributed by atoms with E-state index >= 15 is 0 Å². The molecule has 0 aromatic heterocycles. The highest BCUT2D eigenvalue weighted by atomic mass is 32.1. The van der Waals surface area contributed by atoms with Gasteiger partial charge in [0.25, 0.3) is 0 Å². The molecule has 3 nitrogen and oxygen atoms in total. The van der Waals surface area contributed by atoms with Crippen LogP contribution in [0.5, 0.6) is 17.2 Å². The minimum Gasteiger partial charge on any atom is -0.483 e. The van der Waals surface area contributed by atoms with Gasteiger partial charge >= 0.3 is 0 Å². The summed E-state index contributed by atoms with van der Waals surface area (Å²) >= 11 is 4.96. The molecule has 2 aromatic rings. The molecule has 0 saturated carbocycles. The lowest BCUT2D eigenvalue weighted by molar-refractivity contribution is 0.263. The summed E-state index contributed by atoms with van der Waals surface area (Å²) in [7, 11) is 0. The number of nitrogens with two attached hydrogens (primary N) is 1. The Morgan fingerprint density at radius 1 is 1.00 bits per heavy atom. The summed E-state index contributed by atoms with van der Waals surface area (Å²) in [4.78, 5) is 0.372. The lowest BCUT2D eigenvalue weighted by atomic mass is 10.2. The van der Waals surface area contributed by atoms with Gasteiger partial charge in [-0.05, 0) is 42.8 Å². The van der Waals surface area contributed by atoms with Crippen molar-refractivity contribution in [1.29, 1.82) is 0 Å². The molecular formula is C16H17NO2S. The van der Waals surface area contributed by atoms with Gasteiger partial charge in [0.05, 0.1) is 0 Å². The van der Waals surface area contributed by atoms with E-state index in [-0.39, 0.29) is 6.10 Å². The Balaban J connectivity index is 2.01. The van der Waals surface area contributed by atoms with Crippen molar-refractivity contribution in [1.82, 2.24) is 0 Å². The normalized spacial score (nSPS) is 11.7. The van der Waals surface area contributed by atoms with Gasteiger partial charge in [0.1, 0.15) is 28.3 Å². The molecule has 2 rings (SSSR count). The van der Waals surface area contributed by atoms with Crippen molar-refractivity contribution in [3.63, 3.8) is 0 Å². The number of benzene rings is 2. The van der Waals surface area contributed by atoms with Crippen LogP contribution in [0.3, 0.4) is 0 Å². The fraction of sp³-hybridized carbons (Fsp3) is 0.188. The minimum atomic E-state index is -0.231. The van der Waals surface area contributed by atoms with Crippen molar-refractivity contribution in [2.75, 3.05) is 0 Å². The Hall–Kier alpha value is -2.07. The molecule has 2 N–H and O–H groups in total. The monoisotopic (exact) mass is 287 g/mol. The number of rotatable bonds is 6. The van der Waals surface area contributed by atoms with Crippen molar-refractivity contribution in [3.05, 3.63) is 54.6 Å². The average molecular weight is 287 g/mol. The van der Waals surface area contributed by atoms with E-state index < -0.39 is 0 Å². The van der Waals surface area contributed by atoms with Crippen LogP contribution < -0.4 is 15.2 Å². The SMILES string of the molecule is CCC(Oc1ccc(Oc2ccccc2)cc1)C(N)=S. The van der Waals surface area contributed by atoms with Crippen LogP contribution in [0.1, 0.15) is 13.3 Å². The van der Waals surface area contributed by atoms with E-state index in [1.54, 1.807) is 0 Å². The van der Waals surface area contributed by atoms with Crippen LogP contribution >= 0.6 is 12.2 Å². The molecule has 4 heteroatoms. The zero-order valence-corrected chi connectivity index (χ0v) is 12.1. The molecule has 0 bridgehead atoms. The van der Waals surface area contributed by atoms with Crippen molar-refractivity contribution < 1.29 is 9.47 Å². The first kappa shape index (κ1) is 14.3. The summed E-state index contributed by atoms with van der Waals surface area (Å²) in [6, 6.07) is 17.0. The maximum Gasteiger partial charge on any atom is 0.148 e. The molecule has 2 aromatic carbocycles. The first-order valence-corrected chi connectivity index (χ1v) is 6.89. The predicted molar refractivity (Wildman–Crippen MR) is 84.5 cm³/mol. The van der Waals surface area contributed by atoms with Gasteiger partial charge in [0.15, 0.2) is 0 Å². The number of hydrogen-bond donors (Lipinski definition) is 1. The van der Waals surface area contributed by atoms with Gasteiger partial charge in [0, 0.05) is 0 Å². The Labute approximate surface area is 124 Å². The summed E-state index contributed by atoms with van der Waals surface area (Å²) in [5.74, 6) is 2.28. The summed E-state index contributed by atoms with van der Waals surface area (Å²) < 4.78 is 11.4. The van der Waals surface area contributed by atoms with E-state index in [1.807, 2.05) is 61.5 Å². The van der Waals surface area contributed by atoms with Gasteiger partial charge < -0.3 is 15.2 Å². The zero-order chi connectivity index (χ0) is 14.4. The molecule has 0 spiro atoms. The maximum atomic E-state index is 5.71. The summed E-state index contributed by atoms with van der Waals surface area (Å²) in [5.41, 5.74) is 5.61. The van der Waals surface area contributed by atoms with Crippen LogP contribution in [0.25, 0.3) is 0 Å². The number of hydrogen-bond acceptors (Lipinski definition) is 3.